The van der Waals surface area contributed by atoms with Gasteiger partial charge in [-0.2, -0.15) is 0 Å². The highest BCUT2D eigenvalue weighted by Gasteiger charge is 2.20. The average molecular weight is 308 g/mol. The third-order valence-electron chi connectivity index (χ3n) is 2.68. The molecule has 0 aliphatic rings. The fourth-order valence-electron chi connectivity index (χ4n) is 1.68. The molecule has 9 nitrogen and oxygen atoms in total. The van der Waals surface area contributed by atoms with Crippen molar-refractivity contribution < 1.29 is 10.1 Å². The van der Waals surface area contributed by atoms with Gasteiger partial charge in [-0.3, -0.25) is 10.1 Å². The van der Waals surface area contributed by atoms with Crippen molar-refractivity contribution in [3.63, 3.8) is 0 Å². The first kappa shape index (κ1) is 14.7. The molecule has 0 bridgehead atoms. The number of rotatable bonds is 5. The van der Waals surface area contributed by atoms with Gasteiger partial charge in [0.1, 0.15) is 5.82 Å². The summed E-state index contributed by atoms with van der Waals surface area (Å²) >= 11 is 1.48. The smallest absolute Gasteiger partial charge is 0.298 e. The molecule has 0 atom stereocenters. The van der Waals surface area contributed by atoms with Crippen LogP contribution in [0.1, 0.15) is 11.4 Å². The van der Waals surface area contributed by atoms with Gasteiger partial charge in [-0.1, -0.05) is 5.16 Å². The van der Waals surface area contributed by atoms with E-state index in [9.17, 15) is 10.1 Å². The van der Waals surface area contributed by atoms with Gasteiger partial charge in [0.25, 0.3) is 5.69 Å². The van der Waals surface area contributed by atoms with Gasteiger partial charge in [-0.05, 0) is 6.07 Å². The predicted molar refractivity (Wildman–Crippen MR) is 77.6 cm³/mol. The van der Waals surface area contributed by atoms with Gasteiger partial charge >= 0.3 is 0 Å². The molecule has 3 N–H and O–H groups in total. The van der Waals surface area contributed by atoms with Crippen LogP contribution in [0.3, 0.4) is 0 Å². The van der Waals surface area contributed by atoms with Crippen LogP contribution < -0.4 is 10.6 Å². The number of pyridine rings is 1. The second-order valence-electron chi connectivity index (χ2n) is 4.12. The molecule has 2 aromatic rings. The number of nitrogens with two attached hydrogens (primary N) is 1. The molecule has 0 unspecified atom stereocenters. The first-order valence-corrected chi connectivity index (χ1v) is 6.68. The summed E-state index contributed by atoms with van der Waals surface area (Å²) in [6.07, 6.45) is 0. The van der Waals surface area contributed by atoms with Crippen molar-refractivity contribution in [2.45, 2.75) is 6.54 Å². The average Bonchev–Trinajstić information content (AvgIpc) is 2.98. The van der Waals surface area contributed by atoms with E-state index in [2.05, 4.69) is 15.1 Å². The number of nitro groups is 1. The second kappa shape index (κ2) is 6.13. The Balaban J connectivity index is 2.35. The van der Waals surface area contributed by atoms with Crippen LogP contribution >= 0.6 is 11.3 Å². The van der Waals surface area contributed by atoms with Crippen molar-refractivity contribution in [2.75, 3.05) is 11.9 Å². The Hall–Kier alpha value is -2.75. The van der Waals surface area contributed by atoms with Crippen LogP contribution in [-0.4, -0.2) is 33.0 Å². The van der Waals surface area contributed by atoms with E-state index < -0.39 is 10.8 Å². The predicted octanol–water partition coefficient (Wildman–Crippen LogP) is 1.18. The fraction of sp³-hybridized carbons (Fsp3) is 0.182. The van der Waals surface area contributed by atoms with Crippen LogP contribution in [0, 0.1) is 10.1 Å². The highest BCUT2D eigenvalue weighted by Crippen LogP contribution is 2.21. The SMILES string of the molecule is CN(Cc1cscn1)c1ccc([N+](=O)[O-])c(/C(N)=N/O)n1. The molecule has 0 aliphatic heterocycles. The summed E-state index contributed by atoms with van der Waals surface area (Å²) in [6.45, 7) is 0.490. The summed E-state index contributed by atoms with van der Waals surface area (Å²) in [4.78, 5) is 20.3. The first-order chi connectivity index (χ1) is 10.0. The molecule has 0 spiro atoms. The van der Waals surface area contributed by atoms with E-state index in [1.807, 2.05) is 5.38 Å². The Labute approximate surface area is 123 Å². The van der Waals surface area contributed by atoms with E-state index in [-0.39, 0.29) is 11.4 Å². The summed E-state index contributed by atoms with van der Waals surface area (Å²) < 4.78 is 0. The number of hydrogen-bond donors (Lipinski definition) is 2. The molecule has 0 radical (unpaired) electrons. The standard InChI is InChI=1S/C11H12N6O3S/c1-16(4-7-5-21-6-13-7)9-3-2-8(17(19)20)10(14-9)11(12)15-18/h2-3,5-6,18H,4H2,1H3,(H2,12,15). The zero-order valence-corrected chi connectivity index (χ0v) is 11.8. The normalized spacial score (nSPS) is 11.4. The van der Waals surface area contributed by atoms with Gasteiger partial charge < -0.3 is 15.8 Å². The van der Waals surface area contributed by atoms with E-state index in [4.69, 9.17) is 10.9 Å². The maximum absolute atomic E-state index is 10.9. The van der Waals surface area contributed by atoms with Crippen LogP contribution in [0.25, 0.3) is 0 Å². The van der Waals surface area contributed by atoms with Crippen LogP contribution in [-0.2, 0) is 6.54 Å². The van der Waals surface area contributed by atoms with Gasteiger partial charge in [0.15, 0.2) is 11.5 Å². The van der Waals surface area contributed by atoms with Gasteiger partial charge in [0, 0.05) is 18.5 Å². The zero-order chi connectivity index (χ0) is 15.4. The molecule has 2 rings (SSSR count). The summed E-state index contributed by atoms with van der Waals surface area (Å²) in [5.74, 6) is 0.0424. The molecule has 0 aromatic carbocycles. The van der Waals surface area contributed by atoms with Crippen molar-refractivity contribution in [1.29, 1.82) is 0 Å². The van der Waals surface area contributed by atoms with E-state index >= 15 is 0 Å². The van der Waals surface area contributed by atoms with Crippen LogP contribution in [0.4, 0.5) is 11.5 Å². The summed E-state index contributed by atoms with van der Waals surface area (Å²) in [5.41, 5.74) is 7.51. The lowest BCUT2D eigenvalue weighted by molar-refractivity contribution is -0.385. The number of aromatic nitrogens is 2. The molecule has 0 saturated heterocycles. The first-order valence-electron chi connectivity index (χ1n) is 5.74. The molecule has 0 aliphatic carbocycles. The molecule has 2 aromatic heterocycles. The zero-order valence-electron chi connectivity index (χ0n) is 11.0. The third kappa shape index (κ3) is 3.23. The monoisotopic (exact) mass is 308 g/mol. The fourth-order valence-corrected chi connectivity index (χ4v) is 2.23. The summed E-state index contributed by atoms with van der Waals surface area (Å²) in [6, 6.07) is 2.77. The van der Waals surface area contributed by atoms with E-state index in [0.29, 0.717) is 12.4 Å². The van der Waals surface area contributed by atoms with Crippen molar-refractivity contribution in [1.82, 2.24) is 9.97 Å². The minimum absolute atomic E-state index is 0.176. The maximum Gasteiger partial charge on any atom is 0.298 e. The van der Waals surface area contributed by atoms with Crippen molar-refractivity contribution in [3.05, 3.63) is 44.5 Å². The molecule has 10 heteroatoms. The quantitative estimate of drug-likeness (QED) is 0.279. The summed E-state index contributed by atoms with van der Waals surface area (Å²) in [5, 5.41) is 24.3. The molecule has 0 amide bonds. The molecule has 110 valence electrons. The topological polar surface area (TPSA) is 131 Å². The van der Waals surface area contributed by atoms with E-state index in [1.165, 1.54) is 23.5 Å². The number of nitrogens with zero attached hydrogens (tertiary/aromatic N) is 5. The van der Waals surface area contributed by atoms with E-state index in [0.717, 1.165) is 5.69 Å². The highest BCUT2D eigenvalue weighted by atomic mass is 32.1. The molecule has 0 saturated carbocycles. The Morgan fingerprint density at radius 2 is 2.38 bits per heavy atom. The highest BCUT2D eigenvalue weighted by molar-refractivity contribution is 7.07. The lowest BCUT2D eigenvalue weighted by Crippen LogP contribution is -2.22. The Bertz CT molecular complexity index is 673. The molecule has 21 heavy (non-hydrogen) atoms. The number of anilines is 1. The lowest BCUT2D eigenvalue weighted by Gasteiger charge is -2.17. The molecule has 0 fully saturated rings. The number of amidine groups is 1. The third-order valence-corrected chi connectivity index (χ3v) is 3.32. The van der Waals surface area contributed by atoms with E-state index in [1.54, 1.807) is 17.5 Å². The van der Waals surface area contributed by atoms with Crippen LogP contribution in [0.2, 0.25) is 0 Å². The minimum Gasteiger partial charge on any atom is -0.409 e. The summed E-state index contributed by atoms with van der Waals surface area (Å²) in [7, 11) is 1.77. The maximum atomic E-state index is 10.9. The van der Waals surface area contributed by atoms with Crippen molar-refractivity contribution in [2.24, 2.45) is 10.9 Å². The Kier molecular flexibility index (Phi) is 4.28. The van der Waals surface area contributed by atoms with Gasteiger partial charge in [-0.25, -0.2) is 9.97 Å². The largest absolute Gasteiger partial charge is 0.409 e. The number of oxime groups is 1. The van der Waals surface area contributed by atoms with Gasteiger partial charge in [-0.15, -0.1) is 11.3 Å². The van der Waals surface area contributed by atoms with Crippen molar-refractivity contribution >= 4 is 28.7 Å². The van der Waals surface area contributed by atoms with Crippen LogP contribution in [0.15, 0.2) is 28.2 Å². The molecular formula is C11H12N6O3S. The number of hydrogen-bond acceptors (Lipinski definition) is 8. The molecule has 2 heterocycles. The van der Waals surface area contributed by atoms with Gasteiger partial charge in [0.05, 0.1) is 22.7 Å². The molecular weight excluding hydrogens is 296 g/mol. The van der Waals surface area contributed by atoms with Crippen LogP contribution in [0.5, 0.6) is 0 Å². The Morgan fingerprint density at radius 1 is 1.62 bits per heavy atom. The second-order valence-corrected chi connectivity index (χ2v) is 4.83. The minimum atomic E-state index is -0.634. The number of thiazole rings is 1. The Morgan fingerprint density at radius 3 is 2.95 bits per heavy atom. The lowest BCUT2D eigenvalue weighted by atomic mass is 10.2. The van der Waals surface area contributed by atoms with Crippen molar-refractivity contribution in [3.8, 4) is 0 Å². The van der Waals surface area contributed by atoms with Gasteiger partial charge in [0.2, 0.25) is 0 Å².